The van der Waals surface area contributed by atoms with Gasteiger partial charge in [-0.2, -0.15) is 10.2 Å². The van der Waals surface area contributed by atoms with Crippen molar-refractivity contribution in [1.29, 1.82) is 0 Å². The average molecular weight is 392 g/mol. The summed E-state index contributed by atoms with van der Waals surface area (Å²) in [6.45, 7) is 8.13. The minimum Gasteiger partial charge on any atom is -0.381 e. The molecule has 1 N–H and O–H groups in total. The van der Waals surface area contributed by atoms with E-state index >= 15 is 0 Å². The summed E-state index contributed by atoms with van der Waals surface area (Å²) < 4.78 is 5.63. The number of carbonyl (C=O) groups excluding carboxylic acids is 1. The second-order valence-corrected chi connectivity index (χ2v) is 9.60. The van der Waals surface area contributed by atoms with Crippen molar-refractivity contribution in [3.8, 4) is 0 Å². The minimum absolute atomic E-state index is 0.0393. The van der Waals surface area contributed by atoms with Crippen LogP contribution in [0.5, 0.6) is 0 Å². The first-order valence-corrected chi connectivity index (χ1v) is 10.8. The summed E-state index contributed by atoms with van der Waals surface area (Å²) in [4.78, 5) is 13.5. The third-order valence-corrected chi connectivity index (χ3v) is 7.09. The van der Waals surface area contributed by atoms with Gasteiger partial charge in [-0.3, -0.25) is 4.79 Å². The van der Waals surface area contributed by atoms with E-state index in [0.717, 1.165) is 49.3 Å². The fourth-order valence-electron chi connectivity index (χ4n) is 5.75. The molecule has 4 aliphatic rings. The SMILES string of the molecule is CC[C@]1(c2cccc([C@H]3CCOC3)c2)C2=CN=NC2NC2=C1C(=O)CC(C)(C)C2. The topological polar surface area (TPSA) is 63.1 Å². The predicted octanol–water partition coefficient (Wildman–Crippen LogP) is 4.76. The highest BCUT2D eigenvalue weighted by molar-refractivity contribution is 6.01. The van der Waals surface area contributed by atoms with E-state index in [1.54, 1.807) is 0 Å². The van der Waals surface area contributed by atoms with Gasteiger partial charge in [0.2, 0.25) is 0 Å². The maximum absolute atomic E-state index is 13.5. The Morgan fingerprint density at radius 3 is 2.90 bits per heavy atom. The Kier molecular flexibility index (Phi) is 4.28. The van der Waals surface area contributed by atoms with Gasteiger partial charge in [0.25, 0.3) is 0 Å². The van der Waals surface area contributed by atoms with Crippen LogP contribution in [0.15, 0.2) is 57.5 Å². The van der Waals surface area contributed by atoms with Gasteiger partial charge in [0.05, 0.1) is 18.2 Å². The lowest BCUT2D eigenvalue weighted by atomic mass is 9.58. The quantitative estimate of drug-likeness (QED) is 0.808. The van der Waals surface area contributed by atoms with Crippen molar-refractivity contribution in [2.24, 2.45) is 15.6 Å². The molecule has 0 amide bonds. The van der Waals surface area contributed by atoms with Gasteiger partial charge in [-0.05, 0) is 35.8 Å². The third kappa shape index (κ3) is 2.82. The summed E-state index contributed by atoms with van der Waals surface area (Å²) in [5.41, 5.74) is 5.10. The average Bonchev–Trinajstić information content (AvgIpc) is 3.37. The smallest absolute Gasteiger partial charge is 0.164 e. The van der Waals surface area contributed by atoms with Crippen molar-refractivity contribution in [2.45, 2.75) is 64.0 Å². The van der Waals surface area contributed by atoms with E-state index in [4.69, 9.17) is 4.74 Å². The van der Waals surface area contributed by atoms with E-state index in [1.165, 1.54) is 11.1 Å². The lowest BCUT2D eigenvalue weighted by Gasteiger charge is -2.48. The van der Waals surface area contributed by atoms with Crippen LogP contribution in [0.1, 0.15) is 63.5 Å². The van der Waals surface area contributed by atoms with Crippen molar-refractivity contribution in [3.63, 3.8) is 0 Å². The first-order valence-electron chi connectivity index (χ1n) is 10.8. The monoisotopic (exact) mass is 391 g/mol. The Morgan fingerprint density at radius 2 is 2.14 bits per heavy atom. The van der Waals surface area contributed by atoms with Gasteiger partial charge in [-0.1, -0.05) is 45.0 Å². The molecule has 29 heavy (non-hydrogen) atoms. The Bertz CT molecular complexity index is 953. The van der Waals surface area contributed by atoms with Crippen LogP contribution in [0.3, 0.4) is 0 Å². The maximum Gasteiger partial charge on any atom is 0.164 e. The number of Topliss-reactive ketones (excluding diaryl/α,β-unsaturated/α-hetero) is 1. The second-order valence-electron chi connectivity index (χ2n) is 9.60. The van der Waals surface area contributed by atoms with Crippen molar-refractivity contribution in [2.75, 3.05) is 13.2 Å². The van der Waals surface area contributed by atoms with Crippen molar-refractivity contribution < 1.29 is 9.53 Å². The van der Waals surface area contributed by atoms with Gasteiger partial charge in [-0.25, -0.2) is 0 Å². The van der Waals surface area contributed by atoms with Crippen LogP contribution in [0.2, 0.25) is 0 Å². The van der Waals surface area contributed by atoms with Crippen LogP contribution in [0.4, 0.5) is 0 Å². The number of azo groups is 1. The van der Waals surface area contributed by atoms with Crippen LogP contribution in [-0.4, -0.2) is 25.2 Å². The van der Waals surface area contributed by atoms with Gasteiger partial charge in [-0.15, -0.1) is 0 Å². The summed E-state index contributed by atoms with van der Waals surface area (Å²) in [5.74, 6) is 0.689. The molecule has 5 nitrogen and oxygen atoms in total. The third-order valence-electron chi connectivity index (χ3n) is 7.09. The number of ether oxygens (including phenoxy) is 1. The summed E-state index contributed by atoms with van der Waals surface area (Å²) in [6, 6.07) is 8.83. The number of fused-ring (bicyclic) bond motifs is 1. The molecule has 1 unspecified atom stereocenters. The van der Waals surface area contributed by atoms with Crippen LogP contribution >= 0.6 is 0 Å². The number of nitrogens with one attached hydrogen (secondary N) is 1. The van der Waals surface area contributed by atoms with Crippen LogP contribution in [0.25, 0.3) is 0 Å². The predicted molar refractivity (Wildman–Crippen MR) is 111 cm³/mol. The Balaban J connectivity index is 1.70. The fraction of sp³-hybridized carbons (Fsp3) is 0.542. The molecule has 0 saturated carbocycles. The second kappa shape index (κ2) is 6.63. The molecule has 1 aromatic rings. The largest absolute Gasteiger partial charge is 0.381 e. The molecular weight excluding hydrogens is 362 g/mol. The highest BCUT2D eigenvalue weighted by atomic mass is 16.5. The standard InChI is InChI=1S/C24H29N3O2/c1-4-24(17-7-5-6-15(10-17)16-8-9-29-14-16)18-13-25-27-22(18)26-19-11-23(2,3)12-20(28)21(19)24/h5-7,10,13,16,22,26H,4,8-9,11-12,14H2,1-3H3/t16-,22?,24-/m0/s1. The number of hydrogen-bond donors (Lipinski definition) is 1. The number of carbonyl (C=O) groups is 1. The fourth-order valence-corrected chi connectivity index (χ4v) is 5.75. The molecule has 1 fully saturated rings. The first-order chi connectivity index (χ1) is 13.9. The molecule has 3 aliphatic heterocycles. The van der Waals surface area contributed by atoms with Crippen molar-refractivity contribution >= 4 is 5.78 Å². The summed E-state index contributed by atoms with van der Waals surface area (Å²) in [5, 5.41) is 12.2. The van der Waals surface area contributed by atoms with E-state index in [9.17, 15) is 4.79 Å². The lowest BCUT2D eigenvalue weighted by molar-refractivity contribution is -0.119. The van der Waals surface area contributed by atoms with E-state index in [2.05, 4.69) is 60.6 Å². The molecule has 152 valence electrons. The van der Waals surface area contributed by atoms with Gasteiger partial charge >= 0.3 is 0 Å². The van der Waals surface area contributed by atoms with Gasteiger partial charge in [0.1, 0.15) is 0 Å². The number of ketones is 1. The Labute approximate surface area is 172 Å². The summed E-state index contributed by atoms with van der Waals surface area (Å²) >= 11 is 0. The van der Waals surface area contributed by atoms with Crippen molar-refractivity contribution in [3.05, 3.63) is 58.4 Å². The zero-order valence-electron chi connectivity index (χ0n) is 17.5. The molecule has 0 aromatic heterocycles. The number of nitrogens with zero attached hydrogens (tertiary/aromatic N) is 2. The van der Waals surface area contributed by atoms with Crippen LogP contribution in [-0.2, 0) is 14.9 Å². The molecular formula is C24H29N3O2. The van der Waals surface area contributed by atoms with E-state index in [-0.39, 0.29) is 17.4 Å². The molecule has 0 radical (unpaired) electrons. The highest BCUT2D eigenvalue weighted by Crippen LogP contribution is 2.53. The maximum atomic E-state index is 13.5. The zero-order valence-corrected chi connectivity index (χ0v) is 17.5. The Hall–Kier alpha value is -2.27. The Morgan fingerprint density at radius 1 is 1.28 bits per heavy atom. The normalized spacial score (nSPS) is 32.7. The number of rotatable bonds is 3. The highest BCUT2D eigenvalue weighted by Gasteiger charge is 2.53. The summed E-state index contributed by atoms with van der Waals surface area (Å²) in [7, 11) is 0. The van der Waals surface area contributed by atoms with Crippen LogP contribution < -0.4 is 5.32 Å². The molecule has 1 aromatic carbocycles. The molecule has 1 saturated heterocycles. The molecule has 3 heterocycles. The van der Waals surface area contributed by atoms with E-state index in [0.29, 0.717) is 12.3 Å². The minimum atomic E-state index is -0.461. The zero-order chi connectivity index (χ0) is 20.2. The van der Waals surface area contributed by atoms with E-state index in [1.807, 2.05) is 6.20 Å². The van der Waals surface area contributed by atoms with Crippen LogP contribution in [0, 0.1) is 5.41 Å². The molecule has 5 heteroatoms. The molecule has 5 rings (SSSR count). The van der Waals surface area contributed by atoms with Gasteiger partial charge < -0.3 is 10.1 Å². The van der Waals surface area contributed by atoms with Crippen molar-refractivity contribution in [1.82, 2.24) is 5.32 Å². The van der Waals surface area contributed by atoms with Gasteiger partial charge in [0.15, 0.2) is 11.9 Å². The number of benzene rings is 1. The lowest BCUT2D eigenvalue weighted by Crippen LogP contribution is -2.51. The van der Waals surface area contributed by atoms with Gasteiger partial charge in [0, 0.05) is 35.8 Å². The number of allylic oxidation sites excluding steroid dienone is 2. The molecule has 0 spiro atoms. The summed E-state index contributed by atoms with van der Waals surface area (Å²) in [6.07, 6.45) is 5.03. The van der Waals surface area contributed by atoms with E-state index < -0.39 is 5.41 Å². The molecule has 3 atom stereocenters. The number of hydrogen-bond acceptors (Lipinski definition) is 5. The first kappa shape index (κ1) is 18.7. The molecule has 1 aliphatic carbocycles. The molecule has 0 bridgehead atoms.